The Morgan fingerprint density at radius 3 is 2.73 bits per heavy atom. The molecule has 0 aromatic carbocycles. The molecule has 0 aliphatic heterocycles. The van der Waals surface area contributed by atoms with Gasteiger partial charge in [0.2, 0.25) is 0 Å². The van der Waals surface area contributed by atoms with E-state index in [-0.39, 0.29) is 5.57 Å². The molecule has 0 aliphatic rings. The minimum Gasteiger partial charge on any atom is -0.515 e. The summed E-state index contributed by atoms with van der Waals surface area (Å²) in [7, 11) is 0. The lowest BCUT2D eigenvalue weighted by Gasteiger charge is -2.01. The largest absolute Gasteiger partial charge is 0.515 e. The summed E-state index contributed by atoms with van der Waals surface area (Å²) in [5.74, 6) is -0.444. The summed E-state index contributed by atoms with van der Waals surface area (Å²) < 4.78 is 4.77. The summed E-state index contributed by atoms with van der Waals surface area (Å²) in [6.07, 6.45) is 2.62. The van der Waals surface area contributed by atoms with Crippen LogP contribution < -0.4 is 0 Å². The number of hydrogen-bond donors (Lipinski definition) is 1. The zero-order valence-electron chi connectivity index (χ0n) is 6.96. The van der Waals surface area contributed by atoms with E-state index in [0.29, 0.717) is 6.61 Å². The maximum atomic E-state index is 10.8. The highest BCUT2D eigenvalue weighted by Gasteiger charge is 2.03. The van der Waals surface area contributed by atoms with Gasteiger partial charge in [-0.3, -0.25) is 0 Å². The Morgan fingerprint density at radius 2 is 2.27 bits per heavy atom. The number of esters is 1. The number of unbranched alkanes of at least 4 members (excludes halogenated alkanes) is 1. The van der Waals surface area contributed by atoms with Gasteiger partial charge in [-0.1, -0.05) is 13.3 Å². The van der Waals surface area contributed by atoms with Gasteiger partial charge in [-0.05, 0) is 13.3 Å². The number of rotatable bonds is 4. The third-order valence-corrected chi connectivity index (χ3v) is 1.25. The predicted octanol–water partition coefficient (Wildman–Crippen LogP) is 1.79. The second-order valence-electron chi connectivity index (χ2n) is 2.30. The van der Waals surface area contributed by atoms with Gasteiger partial charge in [-0.15, -0.1) is 0 Å². The van der Waals surface area contributed by atoms with Crippen molar-refractivity contribution >= 4 is 5.97 Å². The van der Waals surface area contributed by atoms with Crippen LogP contribution >= 0.6 is 0 Å². The second-order valence-corrected chi connectivity index (χ2v) is 2.30. The van der Waals surface area contributed by atoms with Crippen molar-refractivity contribution in [1.29, 1.82) is 0 Å². The monoisotopic (exact) mass is 158 g/mol. The van der Waals surface area contributed by atoms with Crippen molar-refractivity contribution in [2.45, 2.75) is 26.7 Å². The molecule has 0 bridgehead atoms. The van der Waals surface area contributed by atoms with Crippen LogP contribution in [-0.2, 0) is 9.53 Å². The first-order valence-corrected chi connectivity index (χ1v) is 3.70. The molecule has 0 saturated carbocycles. The zero-order chi connectivity index (χ0) is 8.69. The molecule has 0 aromatic rings. The molecule has 1 N–H and O–H groups in total. The molecule has 64 valence electrons. The molecule has 0 radical (unpaired) electrons. The summed E-state index contributed by atoms with van der Waals surface area (Å²) in [5, 5.41) is 8.40. The van der Waals surface area contributed by atoms with Gasteiger partial charge in [0.25, 0.3) is 0 Å². The van der Waals surface area contributed by atoms with Crippen LogP contribution in [0, 0.1) is 0 Å². The van der Waals surface area contributed by atoms with Crippen molar-refractivity contribution in [3.8, 4) is 0 Å². The molecule has 0 atom stereocenters. The fourth-order valence-corrected chi connectivity index (χ4v) is 0.476. The normalized spacial score (nSPS) is 11.3. The first kappa shape index (κ1) is 10.0. The highest BCUT2D eigenvalue weighted by Crippen LogP contribution is 1.96. The Bertz CT molecular complexity index is 149. The fourth-order valence-electron chi connectivity index (χ4n) is 0.476. The van der Waals surface area contributed by atoms with Crippen molar-refractivity contribution in [2.75, 3.05) is 6.61 Å². The Balaban J connectivity index is 3.53. The lowest BCUT2D eigenvalue weighted by molar-refractivity contribution is -0.139. The van der Waals surface area contributed by atoms with E-state index in [1.807, 2.05) is 6.92 Å². The molecule has 0 aromatic heterocycles. The lowest BCUT2D eigenvalue weighted by atomic mass is 10.3. The third-order valence-electron chi connectivity index (χ3n) is 1.25. The molecule has 0 rings (SSSR count). The highest BCUT2D eigenvalue weighted by atomic mass is 16.5. The molecule has 0 fully saturated rings. The van der Waals surface area contributed by atoms with Crippen LogP contribution in [0.15, 0.2) is 11.8 Å². The van der Waals surface area contributed by atoms with Gasteiger partial charge < -0.3 is 9.84 Å². The van der Waals surface area contributed by atoms with E-state index < -0.39 is 5.97 Å². The van der Waals surface area contributed by atoms with Crippen LogP contribution in [0.1, 0.15) is 26.7 Å². The fraction of sp³-hybridized carbons (Fsp3) is 0.625. The van der Waals surface area contributed by atoms with Gasteiger partial charge >= 0.3 is 5.97 Å². The maximum absolute atomic E-state index is 10.8. The standard InChI is InChI=1S/C8H14O3/c1-3-4-5-11-8(10)7(2)6-9/h6,9H,3-5H2,1-2H3/b7-6+. The minimum absolute atomic E-state index is 0.237. The van der Waals surface area contributed by atoms with E-state index in [4.69, 9.17) is 9.84 Å². The predicted molar refractivity (Wildman–Crippen MR) is 42.3 cm³/mol. The van der Waals surface area contributed by atoms with E-state index in [1.165, 1.54) is 6.92 Å². The van der Waals surface area contributed by atoms with E-state index in [9.17, 15) is 4.79 Å². The van der Waals surface area contributed by atoms with Gasteiger partial charge in [0, 0.05) is 0 Å². The molecule has 0 spiro atoms. The summed E-state index contributed by atoms with van der Waals surface area (Å²) in [6.45, 7) is 3.96. The summed E-state index contributed by atoms with van der Waals surface area (Å²) in [4.78, 5) is 10.8. The van der Waals surface area contributed by atoms with E-state index in [2.05, 4.69) is 0 Å². The number of hydrogen-bond acceptors (Lipinski definition) is 3. The topological polar surface area (TPSA) is 46.5 Å². The van der Waals surface area contributed by atoms with Gasteiger partial charge in [0.1, 0.15) is 0 Å². The van der Waals surface area contributed by atoms with E-state index >= 15 is 0 Å². The van der Waals surface area contributed by atoms with Crippen LogP contribution in [0.2, 0.25) is 0 Å². The van der Waals surface area contributed by atoms with Crippen LogP contribution in [0.5, 0.6) is 0 Å². The lowest BCUT2D eigenvalue weighted by Crippen LogP contribution is -2.06. The molecule has 0 amide bonds. The Kier molecular flexibility index (Phi) is 5.25. The second kappa shape index (κ2) is 5.77. The third kappa shape index (κ3) is 4.42. The zero-order valence-corrected chi connectivity index (χ0v) is 6.96. The Morgan fingerprint density at radius 1 is 1.64 bits per heavy atom. The molecule has 11 heavy (non-hydrogen) atoms. The SMILES string of the molecule is CCCCOC(=O)/C(C)=C/O. The quantitative estimate of drug-likeness (QED) is 0.293. The Hall–Kier alpha value is -0.990. The first-order chi connectivity index (χ1) is 5.22. The van der Waals surface area contributed by atoms with Crippen molar-refractivity contribution < 1.29 is 14.6 Å². The highest BCUT2D eigenvalue weighted by molar-refractivity contribution is 5.87. The first-order valence-electron chi connectivity index (χ1n) is 3.70. The van der Waals surface area contributed by atoms with Crippen molar-refractivity contribution in [3.63, 3.8) is 0 Å². The smallest absolute Gasteiger partial charge is 0.336 e. The minimum atomic E-state index is -0.444. The molecule has 3 heteroatoms. The van der Waals surface area contributed by atoms with Gasteiger partial charge in [0.15, 0.2) is 0 Å². The van der Waals surface area contributed by atoms with E-state index in [0.717, 1.165) is 19.1 Å². The number of carbonyl (C=O) groups is 1. The molecule has 0 heterocycles. The number of ether oxygens (including phenoxy) is 1. The number of carbonyl (C=O) groups excluding carboxylic acids is 1. The van der Waals surface area contributed by atoms with Crippen LogP contribution in [-0.4, -0.2) is 17.7 Å². The molecule has 0 saturated heterocycles. The average Bonchev–Trinajstić information content (AvgIpc) is 2.03. The van der Waals surface area contributed by atoms with Crippen molar-refractivity contribution in [3.05, 3.63) is 11.8 Å². The van der Waals surface area contributed by atoms with Crippen LogP contribution in [0.3, 0.4) is 0 Å². The summed E-state index contributed by atoms with van der Waals surface area (Å²) in [6, 6.07) is 0. The van der Waals surface area contributed by atoms with Crippen molar-refractivity contribution in [2.24, 2.45) is 0 Å². The maximum Gasteiger partial charge on any atom is 0.336 e. The molecular weight excluding hydrogens is 144 g/mol. The molecule has 0 aliphatic carbocycles. The van der Waals surface area contributed by atoms with E-state index in [1.54, 1.807) is 0 Å². The Labute approximate surface area is 66.7 Å². The van der Waals surface area contributed by atoms with Gasteiger partial charge in [-0.25, -0.2) is 4.79 Å². The van der Waals surface area contributed by atoms with Gasteiger partial charge in [-0.2, -0.15) is 0 Å². The summed E-state index contributed by atoms with van der Waals surface area (Å²) in [5.41, 5.74) is 0.237. The molecule has 3 nitrogen and oxygen atoms in total. The number of aliphatic hydroxyl groups is 1. The van der Waals surface area contributed by atoms with Crippen LogP contribution in [0.25, 0.3) is 0 Å². The average molecular weight is 158 g/mol. The molecule has 0 unspecified atom stereocenters. The summed E-state index contributed by atoms with van der Waals surface area (Å²) >= 11 is 0. The number of aliphatic hydroxyl groups excluding tert-OH is 1. The van der Waals surface area contributed by atoms with Gasteiger partial charge in [0.05, 0.1) is 18.4 Å². The molecular formula is C8H14O3. The van der Waals surface area contributed by atoms with Crippen LogP contribution in [0.4, 0.5) is 0 Å². The van der Waals surface area contributed by atoms with Crippen molar-refractivity contribution in [1.82, 2.24) is 0 Å².